The Morgan fingerprint density at radius 2 is 2.07 bits per heavy atom. The zero-order valence-corrected chi connectivity index (χ0v) is 10.5. The van der Waals surface area contributed by atoms with E-state index in [0.29, 0.717) is 0 Å². The topological polar surface area (TPSA) is 0 Å². The third-order valence-corrected chi connectivity index (χ3v) is 3.40. The van der Waals surface area contributed by atoms with Crippen molar-refractivity contribution in [3.63, 3.8) is 0 Å². The third kappa shape index (κ3) is 5.81. The minimum Gasteiger partial charge on any atom is -0.0883 e. The zero-order valence-electron chi connectivity index (χ0n) is 10.5. The average Bonchev–Trinajstić information content (AvgIpc) is 2.32. The van der Waals surface area contributed by atoms with Crippen molar-refractivity contribution in [2.45, 2.75) is 65.2 Å². The van der Waals surface area contributed by atoms with Crippen LogP contribution in [0.25, 0.3) is 0 Å². The maximum Gasteiger partial charge on any atom is -0.0236 e. The van der Waals surface area contributed by atoms with Crippen LogP contribution in [0.4, 0.5) is 0 Å². The molecule has 0 N–H and O–H groups in total. The molecular weight excluding hydrogens is 180 g/mol. The first-order valence-corrected chi connectivity index (χ1v) is 6.65. The van der Waals surface area contributed by atoms with Crippen molar-refractivity contribution in [3.05, 3.63) is 23.8 Å². The van der Waals surface area contributed by atoms with Gasteiger partial charge in [-0.15, -0.1) is 0 Å². The normalized spacial score (nSPS) is 25.2. The summed E-state index contributed by atoms with van der Waals surface area (Å²) in [5, 5.41) is 0. The summed E-state index contributed by atoms with van der Waals surface area (Å²) in [5.74, 6) is 0.906. The molecule has 0 saturated carbocycles. The molecule has 0 saturated heterocycles. The second-order valence-corrected chi connectivity index (χ2v) is 4.82. The van der Waals surface area contributed by atoms with Crippen LogP contribution in [0, 0.1) is 5.92 Å². The number of rotatable bonds is 1. The van der Waals surface area contributed by atoms with Gasteiger partial charge in [-0.2, -0.15) is 0 Å². The summed E-state index contributed by atoms with van der Waals surface area (Å²) in [4.78, 5) is 0. The summed E-state index contributed by atoms with van der Waals surface area (Å²) < 4.78 is 0. The Morgan fingerprint density at radius 3 is 2.40 bits per heavy atom. The second-order valence-electron chi connectivity index (χ2n) is 4.82. The molecule has 0 aromatic carbocycles. The molecule has 0 spiro atoms. The minimum atomic E-state index is 0.906. The van der Waals surface area contributed by atoms with Gasteiger partial charge in [0, 0.05) is 0 Å². The lowest BCUT2D eigenvalue weighted by atomic mass is 9.94. The van der Waals surface area contributed by atoms with E-state index in [2.05, 4.69) is 32.1 Å². The van der Waals surface area contributed by atoms with Gasteiger partial charge in [0.05, 0.1) is 0 Å². The van der Waals surface area contributed by atoms with E-state index in [4.69, 9.17) is 0 Å². The van der Waals surface area contributed by atoms with Gasteiger partial charge in [-0.25, -0.2) is 0 Å². The molecule has 2 aliphatic rings. The molecule has 0 radical (unpaired) electrons. The van der Waals surface area contributed by atoms with E-state index >= 15 is 0 Å². The summed E-state index contributed by atoms with van der Waals surface area (Å²) in [6.45, 7) is 4.49. The molecule has 0 aliphatic heterocycles. The molecule has 0 aromatic heterocycles. The lowest BCUT2D eigenvalue weighted by Gasteiger charge is -2.12. The van der Waals surface area contributed by atoms with Crippen LogP contribution in [-0.4, -0.2) is 0 Å². The van der Waals surface area contributed by atoms with Crippen LogP contribution in [0.2, 0.25) is 0 Å². The molecule has 1 atom stereocenters. The standard InChI is InChI=1S/C8H14.C7H12/c1-2-8-6-4-3-5-7-8;1-7-5-3-2-4-6-7/h4,6,8H,2-3,5,7H2,1H3;5H,2-4,6H2,1H3. The van der Waals surface area contributed by atoms with Crippen molar-refractivity contribution in [1.29, 1.82) is 0 Å². The molecule has 0 bridgehead atoms. The zero-order chi connectivity index (χ0) is 10.9. The fourth-order valence-corrected chi connectivity index (χ4v) is 2.22. The molecule has 0 amide bonds. The first kappa shape index (κ1) is 12.5. The van der Waals surface area contributed by atoms with Crippen molar-refractivity contribution in [3.8, 4) is 0 Å². The van der Waals surface area contributed by atoms with Crippen LogP contribution < -0.4 is 0 Å². The Hall–Kier alpha value is -0.520. The highest BCUT2D eigenvalue weighted by molar-refractivity contribution is 5.00. The van der Waals surface area contributed by atoms with Crippen molar-refractivity contribution in [2.75, 3.05) is 0 Å². The van der Waals surface area contributed by atoms with E-state index in [1.807, 2.05) is 0 Å². The number of allylic oxidation sites excluding steroid dienone is 4. The highest BCUT2D eigenvalue weighted by atomic mass is 14.1. The fraction of sp³-hybridized carbons (Fsp3) is 0.733. The van der Waals surface area contributed by atoms with Gasteiger partial charge in [-0.1, -0.05) is 30.7 Å². The van der Waals surface area contributed by atoms with Gasteiger partial charge in [-0.3, -0.25) is 0 Å². The Kier molecular flexibility index (Phi) is 6.47. The summed E-state index contributed by atoms with van der Waals surface area (Å²) >= 11 is 0. The average molecular weight is 206 g/mol. The SMILES string of the molecule is CC1=CCCCC1.CCC1C=CCCC1. The molecule has 0 heteroatoms. The lowest BCUT2D eigenvalue weighted by Crippen LogP contribution is -1.97. The molecule has 86 valence electrons. The molecule has 0 aromatic rings. The van der Waals surface area contributed by atoms with Gasteiger partial charge in [-0.05, 0) is 64.2 Å². The second kappa shape index (κ2) is 7.73. The van der Waals surface area contributed by atoms with Crippen LogP contribution in [-0.2, 0) is 0 Å². The molecule has 0 heterocycles. The van der Waals surface area contributed by atoms with E-state index in [1.165, 1.54) is 51.4 Å². The number of hydrogen-bond donors (Lipinski definition) is 0. The Balaban J connectivity index is 0.000000151. The quantitative estimate of drug-likeness (QED) is 0.513. The van der Waals surface area contributed by atoms with Crippen LogP contribution in [0.15, 0.2) is 23.8 Å². The summed E-state index contributed by atoms with van der Waals surface area (Å²) in [7, 11) is 0. The van der Waals surface area contributed by atoms with Gasteiger partial charge >= 0.3 is 0 Å². The van der Waals surface area contributed by atoms with Gasteiger partial charge in [0.2, 0.25) is 0 Å². The van der Waals surface area contributed by atoms with Crippen molar-refractivity contribution in [2.24, 2.45) is 5.92 Å². The minimum absolute atomic E-state index is 0.906. The van der Waals surface area contributed by atoms with Gasteiger partial charge in [0.15, 0.2) is 0 Å². The van der Waals surface area contributed by atoms with Gasteiger partial charge in [0.1, 0.15) is 0 Å². The van der Waals surface area contributed by atoms with Crippen LogP contribution in [0.3, 0.4) is 0 Å². The molecule has 0 nitrogen and oxygen atoms in total. The largest absolute Gasteiger partial charge is 0.0883 e. The summed E-state index contributed by atoms with van der Waals surface area (Å²) in [5.41, 5.74) is 1.59. The lowest BCUT2D eigenvalue weighted by molar-refractivity contribution is 0.527. The Bertz CT molecular complexity index is 210. The fourth-order valence-electron chi connectivity index (χ4n) is 2.22. The van der Waals surface area contributed by atoms with E-state index < -0.39 is 0 Å². The van der Waals surface area contributed by atoms with E-state index in [0.717, 1.165) is 5.92 Å². The maximum absolute atomic E-state index is 2.36. The molecule has 0 fully saturated rings. The molecule has 2 rings (SSSR count). The predicted octanol–water partition coefficient (Wildman–Crippen LogP) is 5.26. The van der Waals surface area contributed by atoms with Crippen molar-refractivity contribution < 1.29 is 0 Å². The van der Waals surface area contributed by atoms with Crippen LogP contribution >= 0.6 is 0 Å². The third-order valence-electron chi connectivity index (χ3n) is 3.40. The highest BCUT2D eigenvalue weighted by Gasteiger charge is 2.03. The molecular formula is C15H26. The van der Waals surface area contributed by atoms with E-state index in [-0.39, 0.29) is 0 Å². The van der Waals surface area contributed by atoms with Crippen LogP contribution in [0.1, 0.15) is 65.2 Å². The summed E-state index contributed by atoms with van der Waals surface area (Å²) in [6.07, 6.45) is 18.0. The van der Waals surface area contributed by atoms with Gasteiger partial charge < -0.3 is 0 Å². The molecule has 1 unspecified atom stereocenters. The smallest absolute Gasteiger partial charge is 0.0236 e. The van der Waals surface area contributed by atoms with E-state index in [1.54, 1.807) is 5.57 Å². The first-order chi connectivity index (χ1) is 7.33. The monoisotopic (exact) mass is 206 g/mol. The molecule has 2 aliphatic carbocycles. The number of hydrogen-bond acceptors (Lipinski definition) is 0. The van der Waals surface area contributed by atoms with Crippen molar-refractivity contribution in [1.82, 2.24) is 0 Å². The molecule has 15 heavy (non-hydrogen) atoms. The van der Waals surface area contributed by atoms with E-state index in [9.17, 15) is 0 Å². The van der Waals surface area contributed by atoms with Crippen LogP contribution in [0.5, 0.6) is 0 Å². The van der Waals surface area contributed by atoms with Crippen molar-refractivity contribution >= 4 is 0 Å². The highest BCUT2D eigenvalue weighted by Crippen LogP contribution is 2.19. The Morgan fingerprint density at radius 1 is 1.20 bits per heavy atom. The maximum atomic E-state index is 2.36. The predicted molar refractivity (Wildman–Crippen MR) is 69.0 cm³/mol. The Labute approximate surface area is 95.5 Å². The van der Waals surface area contributed by atoms with Gasteiger partial charge in [0.25, 0.3) is 0 Å². The summed E-state index contributed by atoms with van der Waals surface area (Å²) in [6, 6.07) is 0. The first-order valence-electron chi connectivity index (χ1n) is 6.65.